The summed E-state index contributed by atoms with van der Waals surface area (Å²) in [6, 6.07) is 0.0371. The van der Waals surface area contributed by atoms with Crippen LogP contribution < -0.4 is 5.32 Å². The summed E-state index contributed by atoms with van der Waals surface area (Å²) in [5, 5.41) is 15.0. The van der Waals surface area contributed by atoms with Gasteiger partial charge in [0.2, 0.25) is 5.91 Å². The fraction of sp³-hybridized carbons (Fsp3) is 0.571. The van der Waals surface area contributed by atoms with Gasteiger partial charge in [0.25, 0.3) is 0 Å². The summed E-state index contributed by atoms with van der Waals surface area (Å²) >= 11 is 0. The van der Waals surface area contributed by atoms with E-state index in [1.807, 2.05) is 18.7 Å². The van der Waals surface area contributed by atoms with Gasteiger partial charge in [0.1, 0.15) is 11.4 Å². The third-order valence-electron chi connectivity index (χ3n) is 4.06. The standard InChI is InChI=1S/C14H19N5O2/c1-8-11(18-21-17-8)7-13(20)15-10-5-4-6-12-14(10)9(2)16-19(12)3/h10H,4-7H2,1-3H3,(H,15,20). The Kier molecular flexibility index (Phi) is 3.48. The lowest BCUT2D eigenvalue weighted by Crippen LogP contribution is -2.32. The fourth-order valence-corrected chi connectivity index (χ4v) is 3.04. The predicted octanol–water partition coefficient (Wildman–Crippen LogP) is 1.16. The zero-order valence-corrected chi connectivity index (χ0v) is 12.5. The molecule has 0 bridgehead atoms. The van der Waals surface area contributed by atoms with Crippen molar-refractivity contribution in [2.45, 2.75) is 45.6 Å². The highest BCUT2D eigenvalue weighted by Crippen LogP contribution is 2.31. The molecule has 0 fully saturated rings. The number of carbonyl (C=O) groups excluding carboxylic acids is 1. The number of nitrogens with zero attached hydrogens (tertiary/aromatic N) is 4. The number of nitrogens with one attached hydrogen (secondary N) is 1. The van der Waals surface area contributed by atoms with Gasteiger partial charge in [0, 0.05) is 18.3 Å². The molecule has 21 heavy (non-hydrogen) atoms. The maximum Gasteiger partial charge on any atom is 0.226 e. The van der Waals surface area contributed by atoms with Crippen molar-refractivity contribution in [1.82, 2.24) is 25.4 Å². The van der Waals surface area contributed by atoms with E-state index in [0.29, 0.717) is 11.4 Å². The number of amides is 1. The molecule has 1 N–H and O–H groups in total. The highest BCUT2D eigenvalue weighted by Gasteiger charge is 2.27. The van der Waals surface area contributed by atoms with Gasteiger partial charge in [0.15, 0.2) is 0 Å². The highest BCUT2D eigenvalue weighted by molar-refractivity contribution is 5.78. The highest BCUT2D eigenvalue weighted by atomic mass is 16.6. The minimum atomic E-state index is -0.0603. The average molecular weight is 289 g/mol. The van der Waals surface area contributed by atoms with Gasteiger partial charge in [-0.25, -0.2) is 4.63 Å². The second kappa shape index (κ2) is 5.31. The third-order valence-corrected chi connectivity index (χ3v) is 4.06. The van der Waals surface area contributed by atoms with Crippen LogP contribution in [-0.2, 0) is 24.7 Å². The van der Waals surface area contributed by atoms with Crippen LogP contribution >= 0.6 is 0 Å². The molecule has 0 saturated carbocycles. The monoisotopic (exact) mass is 289 g/mol. The van der Waals surface area contributed by atoms with Gasteiger partial charge < -0.3 is 5.32 Å². The summed E-state index contributed by atoms with van der Waals surface area (Å²) in [7, 11) is 1.96. The van der Waals surface area contributed by atoms with E-state index in [0.717, 1.165) is 25.0 Å². The van der Waals surface area contributed by atoms with Crippen molar-refractivity contribution in [1.29, 1.82) is 0 Å². The summed E-state index contributed by atoms with van der Waals surface area (Å²) in [5.41, 5.74) is 4.64. The first-order valence-corrected chi connectivity index (χ1v) is 7.16. The molecule has 7 heteroatoms. The van der Waals surface area contributed by atoms with E-state index in [2.05, 4.69) is 25.4 Å². The van der Waals surface area contributed by atoms with Crippen LogP contribution in [0.3, 0.4) is 0 Å². The third kappa shape index (κ3) is 2.55. The summed E-state index contributed by atoms with van der Waals surface area (Å²) in [6.45, 7) is 3.78. The molecule has 0 saturated heterocycles. The molecule has 112 valence electrons. The van der Waals surface area contributed by atoms with Crippen molar-refractivity contribution in [3.05, 3.63) is 28.3 Å². The zero-order valence-electron chi connectivity index (χ0n) is 12.5. The van der Waals surface area contributed by atoms with Crippen molar-refractivity contribution >= 4 is 5.91 Å². The summed E-state index contributed by atoms with van der Waals surface area (Å²) in [6.07, 6.45) is 3.22. The Balaban J connectivity index is 1.75. The summed E-state index contributed by atoms with van der Waals surface area (Å²) in [5.74, 6) is -0.0603. The zero-order chi connectivity index (χ0) is 15.0. The molecule has 2 aromatic heterocycles. The van der Waals surface area contributed by atoms with Gasteiger partial charge in [-0.3, -0.25) is 9.48 Å². The van der Waals surface area contributed by atoms with Gasteiger partial charge in [-0.05, 0) is 33.1 Å². The molecular weight excluding hydrogens is 270 g/mol. The molecule has 1 unspecified atom stereocenters. The summed E-state index contributed by atoms with van der Waals surface area (Å²) in [4.78, 5) is 12.2. The molecule has 1 amide bonds. The second-order valence-corrected chi connectivity index (χ2v) is 5.55. The first-order chi connectivity index (χ1) is 10.1. The largest absolute Gasteiger partial charge is 0.349 e. The van der Waals surface area contributed by atoms with Crippen LogP contribution in [-0.4, -0.2) is 26.0 Å². The van der Waals surface area contributed by atoms with Crippen molar-refractivity contribution in [2.24, 2.45) is 7.05 Å². The van der Waals surface area contributed by atoms with E-state index in [4.69, 9.17) is 0 Å². The van der Waals surface area contributed by atoms with Crippen LogP contribution in [0.2, 0.25) is 0 Å². The molecule has 1 aliphatic carbocycles. The first-order valence-electron chi connectivity index (χ1n) is 7.16. The number of fused-ring (bicyclic) bond motifs is 1. The van der Waals surface area contributed by atoms with E-state index >= 15 is 0 Å². The van der Waals surface area contributed by atoms with Crippen LogP contribution in [0, 0.1) is 13.8 Å². The van der Waals surface area contributed by atoms with Crippen LogP contribution in [0.15, 0.2) is 4.63 Å². The molecular formula is C14H19N5O2. The molecule has 7 nitrogen and oxygen atoms in total. The number of hydrogen-bond acceptors (Lipinski definition) is 5. The Hall–Kier alpha value is -2.18. The predicted molar refractivity (Wildman–Crippen MR) is 74.5 cm³/mol. The maximum atomic E-state index is 12.2. The number of aromatic nitrogens is 4. The minimum absolute atomic E-state index is 0.0371. The molecule has 0 spiro atoms. The Morgan fingerprint density at radius 1 is 1.38 bits per heavy atom. The van der Waals surface area contributed by atoms with E-state index in [9.17, 15) is 4.79 Å². The number of carbonyl (C=O) groups is 1. The quantitative estimate of drug-likeness (QED) is 0.916. The molecule has 1 atom stereocenters. The van der Waals surface area contributed by atoms with Gasteiger partial charge in [-0.1, -0.05) is 10.3 Å². The van der Waals surface area contributed by atoms with Crippen molar-refractivity contribution < 1.29 is 9.42 Å². The van der Waals surface area contributed by atoms with E-state index in [1.54, 1.807) is 6.92 Å². The topological polar surface area (TPSA) is 85.8 Å². The maximum absolute atomic E-state index is 12.2. The average Bonchev–Trinajstić information content (AvgIpc) is 2.95. The van der Waals surface area contributed by atoms with E-state index in [-0.39, 0.29) is 18.4 Å². The van der Waals surface area contributed by atoms with Crippen LogP contribution in [0.1, 0.15) is 47.2 Å². The van der Waals surface area contributed by atoms with Crippen LogP contribution in [0.25, 0.3) is 0 Å². The normalized spacial score (nSPS) is 17.6. The number of aryl methyl sites for hydroxylation is 3. The lowest BCUT2D eigenvalue weighted by molar-refractivity contribution is -0.121. The van der Waals surface area contributed by atoms with Gasteiger partial charge in [-0.15, -0.1) is 0 Å². The van der Waals surface area contributed by atoms with Gasteiger partial charge in [-0.2, -0.15) is 5.10 Å². The minimum Gasteiger partial charge on any atom is -0.349 e. The first kappa shape index (κ1) is 13.8. The SMILES string of the molecule is Cc1nonc1CC(=O)NC1CCCc2c1c(C)nn2C. The molecule has 0 aliphatic heterocycles. The summed E-state index contributed by atoms with van der Waals surface area (Å²) < 4.78 is 6.55. The lowest BCUT2D eigenvalue weighted by Gasteiger charge is -2.24. The lowest BCUT2D eigenvalue weighted by atomic mass is 9.91. The fourth-order valence-electron chi connectivity index (χ4n) is 3.04. The van der Waals surface area contributed by atoms with Crippen molar-refractivity contribution in [2.75, 3.05) is 0 Å². The number of hydrogen-bond donors (Lipinski definition) is 1. The Labute approximate surface area is 122 Å². The Morgan fingerprint density at radius 2 is 2.19 bits per heavy atom. The smallest absolute Gasteiger partial charge is 0.226 e. The van der Waals surface area contributed by atoms with Crippen LogP contribution in [0.5, 0.6) is 0 Å². The van der Waals surface area contributed by atoms with Gasteiger partial charge >= 0.3 is 0 Å². The molecule has 2 heterocycles. The Bertz CT molecular complexity index is 673. The Morgan fingerprint density at radius 3 is 2.90 bits per heavy atom. The van der Waals surface area contributed by atoms with Gasteiger partial charge in [0.05, 0.1) is 18.2 Å². The van der Waals surface area contributed by atoms with Crippen LogP contribution in [0.4, 0.5) is 0 Å². The van der Waals surface area contributed by atoms with E-state index < -0.39 is 0 Å². The van der Waals surface area contributed by atoms with Crippen molar-refractivity contribution in [3.63, 3.8) is 0 Å². The molecule has 0 radical (unpaired) electrons. The molecule has 0 aromatic carbocycles. The van der Waals surface area contributed by atoms with Crippen molar-refractivity contribution in [3.8, 4) is 0 Å². The van der Waals surface area contributed by atoms with E-state index in [1.165, 1.54) is 11.3 Å². The molecule has 3 rings (SSSR count). The molecule has 2 aromatic rings. The number of rotatable bonds is 3. The molecule has 1 aliphatic rings. The second-order valence-electron chi connectivity index (χ2n) is 5.55.